The molecule has 6 nitrogen and oxygen atoms in total. The number of piperazine rings is 1. The highest BCUT2D eigenvalue weighted by molar-refractivity contribution is 5.95. The molecule has 26 heavy (non-hydrogen) atoms. The van der Waals surface area contributed by atoms with Crippen LogP contribution in [-0.2, 0) is 11.2 Å². The van der Waals surface area contributed by atoms with E-state index in [0.29, 0.717) is 25.3 Å². The van der Waals surface area contributed by atoms with E-state index in [4.69, 9.17) is 4.42 Å². The minimum Gasteiger partial charge on any atom is -0.459 e. The Kier molecular flexibility index (Phi) is 4.75. The molecule has 0 N–H and O–H groups in total. The number of para-hydroxylation sites is 1. The van der Waals surface area contributed by atoms with Crippen molar-refractivity contribution in [1.29, 1.82) is 0 Å². The summed E-state index contributed by atoms with van der Waals surface area (Å²) in [4.78, 5) is 30.9. The molecule has 0 aliphatic carbocycles. The average molecular weight is 353 g/mol. The summed E-state index contributed by atoms with van der Waals surface area (Å²) in [5, 5.41) is 0. The van der Waals surface area contributed by atoms with Gasteiger partial charge in [-0.15, -0.1) is 0 Å². The first-order valence-corrected chi connectivity index (χ1v) is 9.16. The van der Waals surface area contributed by atoms with Gasteiger partial charge in [-0.2, -0.15) is 0 Å². The van der Waals surface area contributed by atoms with Crippen molar-refractivity contribution < 1.29 is 14.0 Å². The highest BCUT2D eigenvalue weighted by atomic mass is 16.3. The quantitative estimate of drug-likeness (QED) is 0.844. The van der Waals surface area contributed by atoms with Crippen LogP contribution in [0.15, 0.2) is 47.1 Å². The molecule has 1 aromatic carbocycles. The van der Waals surface area contributed by atoms with Crippen LogP contribution < -0.4 is 4.90 Å². The van der Waals surface area contributed by atoms with Crippen molar-refractivity contribution in [2.24, 2.45) is 0 Å². The van der Waals surface area contributed by atoms with Crippen LogP contribution in [0.3, 0.4) is 0 Å². The number of anilines is 1. The topological polar surface area (TPSA) is 57.0 Å². The summed E-state index contributed by atoms with van der Waals surface area (Å²) in [6, 6.07) is 11.6. The third-order valence-electron chi connectivity index (χ3n) is 5.22. The Morgan fingerprint density at radius 3 is 2.54 bits per heavy atom. The summed E-state index contributed by atoms with van der Waals surface area (Å²) in [6.45, 7) is 4.43. The molecule has 0 bridgehead atoms. The fourth-order valence-electron chi connectivity index (χ4n) is 3.72. The summed E-state index contributed by atoms with van der Waals surface area (Å²) in [5.41, 5.74) is 2.32. The van der Waals surface area contributed by atoms with Crippen LogP contribution in [-0.4, -0.2) is 60.9 Å². The Morgan fingerprint density at radius 1 is 0.962 bits per heavy atom. The molecule has 2 aliphatic rings. The largest absolute Gasteiger partial charge is 0.459 e. The predicted octanol–water partition coefficient (Wildman–Crippen LogP) is 2.02. The van der Waals surface area contributed by atoms with Gasteiger partial charge in [-0.1, -0.05) is 18.2 Å². The van der Waals surface area contributed by atoms with Crippen molar-refractivity contribution in [3.63, 3.8) is 0 Å². The predicted molar refractivity (Wildman–Crippen MR) is 98.2 cm³/mol. The van der Waals surface area contributed by atoms with E-state index in [1.165, 1.54) is 11.8 Å². The van der Waals surface area contributed by atoms with Gasteiger partial charge in [0, 0.05) is 51.4 Å². The molecule has 3 heterocycles. The highest BCUT2D eigenvalue weighted by Gasteiger charge is 2.26. The first-order valence-electron chi connectivity index (χ1n) is 9.16. The second-order valence-electron chi connectivity index (χ2n) is 6.79. The molecule has 2 aromatic rings. The van der Waals surface area contributed by atoms with E-state index in [-0.39, 0.29) is 11.8 Å². The van der Waals surface area contributed by atoms with Gasteiger partial charge in [0.1, 0.15) is 0 Å². The van der Waals surface area contributed by atoms with E-state index in [9.17, 15) is 9.59 Å². The molecule has 0 radical (unpaired) electrons. The van der Waals surface area contributed by atoms with Gasteiger partial charge in [0.2, 0.25) is 5.91 Å². The highest BCUT2D eigenvalue weighted by Crippen LogP contribution is 2.27. The number of fused-ring (bicyclic) bond motifs is 1. The first-order chi connectivity index (χ1) is 12.7. The molecule has 0 saturated carbocycles. The number of rotatable bonds is 4. The van der Waals surface area contributed by atoms with Crippen LogP contribution in [0.25, 0.3) is 0 Å². The molecular weight excluding hydrogens is 330 g/mol. The number of amides is 2. The molecule has 1 saturated heterocycles. The lowest BCUT2D eigenvalue weighted by atomic mass is 10.2. The monoisotopic (exact) mass is 353 g/mol. The van der Waals surface area contributed by atoms with E-state index in [0.717, 1.165) is 38.3 Å². The zero-order chi connectivity index (χ0) is 17.9. The van der Waals surface area contributed by atoms with Gasteiger partial charge in [-0.3, -0.25) is 14.5 Å². The van der Waals surface area contributed by atoms with Gasteiger partial charge in [0.25, 0.3) is 5.91 Å². The maximum absolute atomic E-state index is 12.6. The number of carbonyl (C=O) groups excluding carboxylic acids is 2. The van der Waals surface area contributed by atoms with E-state index in [1.807, 2.05) is 28.0 Å². The molecule has 2 aliphatic heterocycles. The van der Waals surface area contributed by atoms with Crippen molar-refractivity contribution in [1.82, 2.24) is 9.80 Å². The lowest BCUT2D eigenvalue weighted by Gasteiger charge is -2.34. The van der Waals surface area contributed by atoms with E-state index < -0.39 is 0 Å². The number of hydrogen-bond donors (Lipinski definition) is 0. The fourth-order valence-corrected chi connectivity index (χ4v) is 3.72. The van der Waals surface area contributed by atoms with Crippen LogP contribution in [0.1, 0.15) is 22.5 Å². The number of hydrogen-bond acceptors (Lipinski definition) is 4. The number of benzene rings is 1. The number of nitrogens with zero attached hydrogens (tertiary/aromatic N) is 3. The van der Waals surface area contributed by atoms with E-state index in [2.05, 4.69) is 11.0 Å². The Bertz CT molecular complexity index is 779. The third-order valence-corrected chi connectivity index (χ3v) is 5.22. The third kappa shape index (κ3) is 3.37. The summed E-state index contributed by atoms with van der Waals surface area (Å²) >= 11 is 0. The molecule has 1 aromatic heterocycles. The second kappa shape index (κ2) is 7.33. The van der Waals surface area contributed by atoms with Crippen LogP contribution in [0.4, 0.5) is 5.69 Å². The van der Waals surface area contributed by atoms with Crippen molar-refractivity contribution in [2.45, 2.75) is 12.8 Å². The first kappa shape index (κ1) is 16.8. The Morgan fingerprint density at radius 2 is 1.77 bits per heavy atom. The number of furan rings is 1. The van der Waals surface area contributed by atoms with Crippen LogP contribution in [0, 0.1) is 0 Å². The SMILES string of the molecule is O=C(c1ccco1)N1CCN(CCC(=O)N2CCc3ccccc32)CC1. The Hall–Kier alpha value is -2.60. The average Bonchev–Trinajstić information content (AvgIpc) is 3.36. The molecule has 2 amide bonds. The van der Waals surface area contributed by atoms with Crippen LogP contribution in [0.2, 0.25) is 0 Å². The van der Waals surface area contributed by atoms with Gasteiger partial charge >= 0.3 is 0 Å². The van der Waals surface area contributed by atoms with Gasteiger partial charge in [0.05, 0.1) is 6.26 Å². The van der Waals surface area contributed by atoms with Gasteiger partial charge in [-0.05, 0) is 30.2 Å². The van der Waals surface area contributed by atoms with Crippen molar-refractivity contribution in [2.75, 3.05) is 44.2 Å². The van der Waals surface area contributed by atoms with E-state index in [1.54, 1.807) is 12.1 Å². The van der Waals surface area contributed by atoms with E-state index >= 15 is 0 Å². The summed E-state index contributed by atoms with van der Waals surface area (Å²) in [7, 11) is 0. The molecule has 6 heteroatoms. The molecule has 4 rings (SSSR count). The van der Waals surface area contributed by atoms with Crippen molar-refractivity contribution >= 4 is 17.5 Å². The molecule has 1 fully saturated rings. The van der Waals surface area contributed by atoms with Crippen molar-refractivity contribution in [3.05, 3.63) is 54.0 Å². The van der Waals surface area contributed by atoms with Gasteiger partial charge in [-0.25, -0.2) is 0 Å². The summed E-state index contributed by atoms with van der Waals surface area (Å²) < 4.78 is 5.18. The molecule has 0 atom stereocenters. The van der Waals surface area contributed by atoms with Gasteiger partial charge < -0.3 is 14.2 Å². The maximum atomic E-state index is 12.6. The second-order valence-corrected chi connectivity index (χ2v) is 6.79. The van der Waals surface area contributed by atoms with Crippen molar-refractivity contribution in [3.8, 4) is 0 Å². The molecule has 0 spiro atoms. The zero-order valence-corrected chi connectivity index (χ0v) is 14.8. The summed E-state index contributed by atoms with van der Waals surface area (Å²) in [5.74, 6) is 0.518. The Balaban J connectivity index is 1.25. The molecular formula is C20H23N3O3. The lowest BCUT2D eigenvalue weighted by Crippen LogP contribution is -2.49. The zero-order valence-electron chi connectivity index (χ0n) is 14.8. The fraction of sp³-hybridized carbons (Fsp3) is 0.400. The minimum atomic E-state index is -0.0561. The molecule has 136 valence electrons. The summed E-state index contributed by atoms with van der Waals surface area (Å²) in [6.07, 6.45) is 2.97. The standard InChI is InChI=1S/C20H23N3O3/c24-19(23-10-7-16-4-1-2-5-17(16)23)8-9-21-11-13-22(14-12-21)20(25)18-6-3-15-26-18/h1-6,15H,7-14H2. The van der Waals surface area contributed by atoms with Gasteiger partial charge in [0.15, 0.2) is 5.76 Å². The minimum absolute atomic E-state index is 0.0561. The molecule has 0 unspecified atom stereocenters. The maximum Gasteiger partial charge on any atom is 0.289 e. The Labute approximate surface area is 153 Å². The lowest BCUT2D eigenvalue weighted by molar-refractivity contribution is -0.118. The normalized spacial score (nSPS) is 17.4. The smallest absolute Gasteiger partial charge is 0.289 e. The number of carbonyl (C=O) groups is 2. The van der Waals surface area contributed by atoms with Crippen LogP contribution >= 0.6 is 0 Å². The van der Waals surface area contributed by atoms with Crippen LogP contribution in [0.5, 0.6) is 0 Å².